The van der Waals surface area contributed by atoms with E-state index in [4.69, 9.17) is 5.73 Å². The van der Waals surface area contributed by atoms with E-state index in [1.54, 1.807) is 12.3 Å². The third-order valence-electron chi connectivity index (χ3n) is 2.21. The molecule has 1 aromatic heterocycles. The Labute approximate surface area is 103 Å². The summed E-state index contributed by atoms with van der Waals surface area (Å²) in [7, 11) is 0. The lowest BCUT2D eigenvalue weighted by Crippen LogP contribution is -2.19. The molecule has 1 aromatic carbocycles. The van der Waals surface area contributed by atoms with Crippen molar-refractivity contribution >= 4 is 11.6 Å². The van der Waals surface area contributed by atoms with Crippen molar-refractivity contribution in [1.29, 1.82) is 0 Å². The first-order valence-electron chi connectivity index (χ1n) is 5.32. The second-order valence-electron chi connectivity index (χ2n) is 3.67. The Morgan fingerprint density at radius 1 is 1.50 bits per heavy atom. The number of hydrogen-bond donors (Lipinski definition) is 2. The average Bonchev–Trinajstić information content (AvgIpc) is 2.76. The fourth-order valence-electron chi connectivity index (χ4n) is 1.42. The lowest BCUT2D eigenvalue weighted by molar-refractivity contribution is -0.116. The summed E-state index contributed by atoms with van der Waals surface area (Å²) in [6.45, 7) is 0.273. The van der Waals surface area contributed by atoms with Crippen molar-refractivity contribution < 1.29 is 9.18 Å². The number of aromatic nitrogens is 3. The van der Waals surface area contributed by atoms with Crippen LogP contribution in [0.15, 0.2) is 30.5 Å². The highest BCUT2D eigenvalue weighted by Gasteiger charge is 2.06. The van der Waals surface area contributed by atoms with Crippen LogP contribution in [-0.4, -0.2) is 20.9 Å². The van der Waals surface area contributed by atoms with Crippen molar-refractivity contribution in [1.82, 2.24) is 15.0 Å². The average molecular weight is 249 g/mol. The molecule has 0 saturated carbocycles. The fourth-order valence-corrected chi connectivity index (χ4v) is 1.42. The van der Waals surface area contributed by atoms with E-state index in [-0.39, 0.29) is 19.0 Å². The van der Waals surface area contributed by atoms with Crippen LogP contribution in [0.25, 0.3) is 0 Å². The van der Waals surface area contributed by atoms with Crippen LogP contribution in [0.3, 0.4) is 0 Å². The van der Waals surface area contributed by atoms with E-state index in [2.05, 4.69) is 15.6 Å². The molecule has 18 heavy (non-hydrogen) atoms. The maximum atomic E-state index is 12.9. The van der Waals surface area contributed by atoms with E-state index in [0.717, 1.165) is 0 Å². The molecular weight excluding hydrogens is 237 g/mol. The molecule has 3 N–H and O–H groups in total. The molecule has 2 aromatic rings. The molecule has 1 heterocycles. The molecule has 0 aliphatic heterocycles. The van der Waals surface area contributed by atoms with Gasteiger partial charge in [-0.2, -0.15) is 0 Å². The number of anilines is 1. The molecule has 0 unspecified atom stereocenters. The SMILES string of the molecule is NCc1cn(CC(=O)Nc2cccc(F)c2)nn1. The second kappa shape index (κ2) is 5.37. The summed E-state index contributed by atoms with van der Waals surface area (Å²) in [5, 5.41) is 10.1. The Balaban J connectivity index is 1.96. The minimum Gasteiger partial charge on any atom is -0.325 e. The zero-order valence-corrected chi connectivity index (χ0v) is 9.51. The maximum absolute atomic E-state index is 12.9. The molecule has 0 aliphatic rings. The number of rotatable bonds is 4. The van der Waals surface area contributed by atoms with Gasteiger partial charge in [0, 0.05) is 12.2 Å². The number of carbonyl (C=O) groups excluding carboxylic acids is 1. The van der Waals surface area contributed by atoms with Crippen LogP contribution in [0.4, 0.5) is 10.1 Å². The first-order chi connectivity index (χ1) is 8.67. The van der Waals surface area contributed by atoms with Gasteiger partial charge >= 0.3 is 0 Å². The molecule has 7 heteroatoms. The zero-order chi connectivity index (χ0) is 13.0. The van der Waals surface area contributed by atoms with Crippen molar-refractivity contribution in [3.63, 3.8) is 0 Å². The predicted molar refractivity (Wildman–Crippen MR) is 62.9 cm³/mol. The molecule has 0 spiro atoms. The van der Waals surface area contributed by atoms with Crippen LogP contribution < -0.4 is 11.1 Å². The number of halogens is 1. The van der Waals surface area contributed by atoms with Crippen molar-refractivity contribution in [3.8, 4) is 0 Å². The van der Waals surface area contributed by atoms with Gasteiger partial charge in [0.15, 0.2) is 0 Å². The molecule has 0 radical (unpaired) electrons. The third kappa shape index (κ3) is 3.11. The summed E-state index contributed by atoms with van der Waals surface area (Å²) in [5.74, 6) is -0.715. The summed E-state index contributed by atoms with van der Waals surface area (Å²) >= 11 is 0. The van der Waals surface area contributed by atoms with Crippen LogP contribution in [-0.2, 0) is 17.9 Å². The molecular formula is C11H12FN5O. The van der Waals surface area contributed by atoms with Gasteiger partial charge in [-0.05, 0) is 18.2 Å². The number of nitrogens with two attached hydrogens (primary N) is 1. The Morgan fingerprint density at radius 3 is 3.00 bits per heavy atom. The summed E-state index contributed by atoms with van der Waals surface area (Å²) in [6.07, 6.45) is 1.59. The highest BCUT2D eigenvalue weighted by Crippen LogP contribution is 2.08. The molecule has 0 aliphatic carbocycles. The smallest absolute Gasteiger partial charge is 0.246 e. The van der Waals surface area contributed by atoms with E-state index in [1.165, 1.54) is 22.9 Å². The lowest BCUT2D eigenvalue weighted by atomic mass is 10.3. The van der Waals surface area contributed by atoms with Gasteiger partial charge in [-0.3, -0.25) is 4.79 Å². The van der Waals surface area contributed by atoms with Gasteiger partial charge < -0.3 is 11.1 Å². The normalized spacial score (nSPS) is 10.3. The highest BCUT2D eigenvalue weighted by molar-refractivity contribution is 5.90. The number of nitrogens with one attached hydrogen (secondary N) is 1. The number of carbonyl (C=O) groups is 1. The molecule has 1 amide bonds. The standard InChI is InChI=1S/C11H12FN5O/c12-8-2-1-3-9(4-8)14-11(18)7-17-6-10(5-13)15-16-17/h1-4,6H,5,7,13H2,(H,14,18). The van der Waals surface area contributed by atoms with Crippen LogP contribution in [0, 0.1) is 5.82 Å². The number of nitrogens with zero attached hydrogens (tertiary/aromatic N) is 3. The zero-order valence-electron chi connectivity index (χ0n) is 9.51. The molecule has 94 valence electrons. The molecule has 0 atom stereocenters. The van der Waals surface area contributed by atoms with Crippen LogP contribution in [0.5, 0.6) is 0 Å². The monoisotopic (exact) mass is 249 g/mol. The van der Waals surface area contributed by atoms with Gasteiger partial charge in [0.2, 0.25) is 5.91 Å². The predicted octanol–water partition coefficient (Wildman–Crippen LogP) is 0.515. The fraction of sp³-hybridized carbons (Fsp3) is 0.182. The molecule has 0 saturated heterocycles. The summed E-state index contributed by atoms with van der Waals surface area (Å²) in [6, 6.07) is 5.67. The van der Waals surface area contributed by atoms with Crippen molar-refractivity contribution in [2.45, 2.75) is 13.1 Å². The number of benzene rings is 1. The van der Waals surface area contributed by atoms with Crippen LogP contribution in [0.2, 0.25) is 0 Å². The van der Waals surface area contributed by atoms with Gasteiger partial charge in [-0.15, -0.1) is 5.10 Å². The molecule has 6 nitrogen and oxygen atoms in total. The lowest BCUT2D eigenvalue weighted by Gasteiger charge is -2.04. The van der Waals surface area contributed by atoms with Crippen molar-refractivity contribution in [2.24, 2.45) is 5.73 Å². The number of amides is 1. The molecule has 0 bridgehead atoms. The summed E-state index contributed by atoms with van der Waals surface area (Å²) in [5.41, 5.74) is 6.38. The minimum absolute atomic E-state index is 0.00349. The van der Waals surface area contributed by atoms with Crippen molar-refractivity contribution in [3.05, 3.63) is 42.0 Å². The Kier molecular flexibility index (Phi) is 3.63. The summed E-state index contributed by atoms with van der Waals surface area (Å²) in [4.78, 5) is 11.6. The molecule has 0 fully saturated rings. The molecule has 2 rings (SSSR count). The number of hydrogen-bond acceptors (Lipinski definition) is 4. The van der Waals surface area contributed by atoms with Crippen LogP contribution in [0.1, 0.15) is 5.69 Å². The quantitative estimate of drug-likeness (QED) is 0.826. The maximum Gasteiger partial charge on any atom is 0.246 e. The van der Waals surface area contributed by atoms with Gasteiger partial charge in [-0.1, -0.05) is 11.3 Å². The minimum atomic E-state index is -0.404. The topological polar surface area (TPSA) is 85.8 Å². The van der Waals surface area contributed by atoms with Crippen LogP contribution >= 0.6 is 0 Å². The highest BCUT2D eigenvalue weighted by atomic mass is 19.1. The van der Waals surface area contributed by atoms with E-state index < -0.39 is 5.82 Å². The van der Waals surface area contributed by atoms with Gasteiger partial charge in [0.25, 0.3) is 0 Å². The van der Waals surface area contributed by atoms with Gasteiger partial charge in [0.05, 0.1) is 11.9 Å². The first kappa shape index (κ1) is 12.2. The largest absolute Gasteiger partial charge is 0.325 e. The van der Waals surface area contributed by atoms with Crippen molar-refractivity contribution in [2.75, 3.05) is 5.32 Å². The van der Waals surface area contributed by atoms with Gasteiger partial charge in [0.1, 0.15) is 12.4 Å². The summed E-state index contributed by atoms with van der Waals surface area (Å²) < 4.78 is 14.3. The van der Waals surface area contributed by atoms with E-state index >= 15 is 0 Å². The second-order valence-corrected chi connectivity index (χ2v) is 3.67. The Bertz CT molecular complexity index is 554. The Morgan fingerprint density at radius 2 is 2.33 bits per heavy atom. The Hall–Kier alpha value is -2.28. The van der Waals surface area contributed by atoms with E-state index in [0.29, 0.717) is 11.4 Å². The third-order valence-corrected chi connectivity index (χ3v) is 2.21. The van der Waals surface area contributed by atoms with E-state index in [1.807, 2.05) is 0 Å². The van der Waals surface area contributed by atoms with Gasteiger partial charge in [-0.25, -0.2) is 9.07 Å². The van der Waals surface area contributed by atoms with E-state index in [9.17, 15) is 9.18 Å². The first-order valence-corrected chi connectivity index (χ1v) is 5.32.